The molecule has 2 nitrogen and oxygen atoms in total. The van der Waals surface area contributed by atoms with Crippen LogP contribution in [0, 0.1) is 0 Å². The largest absolute Gasteiger partial charge is 0.385 e. The predicted molar refractivity (Wildman–Crippen MR) is 59.7 cm³/mol. The summed E-state index contributed by atoms with van der Waals surface area (Å²) in [6.07, 6.45) is 2.87. The lowest BCUT2D eigenvalue weighted by molar-refractivity contribution is -0.0541. The first kappa shape index (κ1) is 9.37. The van der Waals surface area contributed by atoms with Gasteiger partial charge in [-0.3, -0.25) is 0 Å². The summed E-state index contributed by atoms with van der Waals surface area (Å²) in [6, 6.07) is 8.89. The summed E-state index contributed by atoms with van der Waals surface area (Å²) in [7, 11) is 2.16. The minimum absolute atomic E-state index is 0.527. The normalized spacial score (nSPS) is 34.9. The predicted octanol–water partition coefficient (Wildman–Crippen LogP) is 1.52. The van der Waals surface area contributed by atoms with Gasteiger partial charge in [0.05, 0.1) is 5.60 Å². The fourth-order valence-electron chi connectivity index (χ4n) is 3.07. The molecular weight excluding hydrogens is 186 g/mol. The molecule has 1 aromatic rings. The van der Waals surface area contributed by atoms with Crippen molar-refractivity contribution in [2.24, 2.45) is 0 Å². The van der Waals surface area contributed by atoms with E-state index < -0.39 is 5.60 Å². The summed E-state index contributed by atoms with van der Waals surface area (Å²) in [5.41, 5.74) is 1.96. The average molecular weight is 203 g/mol. The maximum absolute atomic E-state index is 10.6. The van der Waals surface area contributed by atoms with Gasteiger partial charge in [0, 0.05) is 12.6 Å². The van der Waals surface area contributed by atoms with E-state index in [0.29, 0.717) is 6.04 Å². The van der Waals surface area contributed by atoms with Gasteiger partial charge in [-0.15, -0.1) is 0 Å². The van der Waals surface area contributed by atoms with E-state index in [-0.39, 0.29) is 0 Å². The summed E-state index contributed by atoms with van der Waals surface area (Å²) in [4.78, 5) is 2.38. The molecule has 2 atom stereocenters. The summed E-state index contributed by atoms with van der Waals surface area (Å²) >= 11 is 0. The number of aliphatic hydroxyl groups is 1. The van der Waals surface area contributed by atoms with Gasteiger partial charge in [0.2, 0.25) is 0 Å². The minimum atomic E-state index is -0.550. The highest BCUT2D eigenvalue weighted by Crippen LogP contribution is 2.42. The third-order valence-corrected chi connectivity index (χ3v) is 4.05. The summed E-state index contributed by atoms with van der Waals surface area (Å²) in [5.74, 6) is 0. The fourth-order valence-corrected chi connectivity index (χ4v) is 3.07. The van der Waals surface area contributed by atoms with E-state index in [2.05, 4.69) is 30.1 Å². The Morgan fingerprint density at radius 1 is 1.40 bits per heavy atom. The number of benzene rings is 1. The molecule has 2 bridgehead atoms. The van der Waals surface area contributed by atoms with Crippen molar-refractivity contribution in [3.8, 4) is 0 Å². The topological polar surface area (TPSA) is 23.5 Å². The van der Waals surface area contributed by atoms with Crippen LogP contribution in [0.4, 0.5) is 0 Å². The van der Waals surface area contributed by atoms with Crippen LogP contribution in [-0.2, 0) is 12.0 Å². The van der Waals surface area contributed by atoms with Gasteiger partial charge in [0.25, 0.3) is 0 Å². The quantitative estimate of drug-likeness (QED) is 0.691. The van der Waals surface area contributed by atoms with E-state index in [1.165, 1.54) is 11.1 Å². The lowest BCUT2D eigenvalue weighted by atomic mass is 9.72. The molecule has 0 unspecified atom stereocenters. The van der Waals surface area contributed by atoms with Crippen LogP contribution in [-0.4, -0.2) is 29.6 Å². The van der Waals surface area contributed by atoms with Gasteiger partial charge in [0.1, 0.15) is 0 Å². The van der Waals surface area contributed by atoms with E-state index in [1.54, 1.807) is 0 Å². The van der Waals surface area contributed by atoms with E-state index in [4.69, 9.17) is 0 Å². The third-order valence-electron chi connectivity index (χ3n) is 4.05. The second-order valence-electron chi connectivity index (χ2n) is 4.98. The maximum Gasteiger partial charge on any atom is 0.0926 e. The molecule has 3 rings (SSSR count). The molecule has 0 saturated carbocycles. The van der Waals surface area contributed by atoms with Gasteiger partial charge in [0.15, 0.2) is 0 Å². The van der Waals surface area contributed by atoms with Crippen molar-refractivity contribution in [3.63, 3.8) is 0 Å². The van der Waals surface area contributed by atoms with Crippen molar-refractivity contribution in [1.82, 2.24) is 4.90 Å². The van der Waals surface area contributed by atoms with Crippen molar-refractivity contribution in [1.29, 1.82) is 0 Å². The van der Waals surface area contributed by atoms with Gasteiger partial charge in [-0.25, -0.2) is 0 Å². The molecule has 15 heavy (non-hydrogen) atoms. The zero-order chi connectivity index (χ0) is 10.5. The van der Waals surface area contributed by atoms with E-state index >= 15 is 0 Å². The van der Waals surface area contributed by atoms with Crippen LogP contribution in [0.15, 0.2) is 24.3 Å². The minimum Gasteiger partial charge on any atom is -0.385 e. The fraction of sp³-hybridized carbons (Fsp3) is 0.538. The number of piperidine rings is 1. The Kier molecular flexibility index (Phi) is 1.91. The number of hydrogen-bond acceptors (Lipinski definition) is 2. The molecule has 1 heterocycles. The number of likely N-dealkylation sites (tertiary alicyclic amines) is 1. The smallest absolute Gasteiger partial charge is 0.0926 e. The van der Waals surface area contributed by atoms with Gasteiger partial charge < -0.3 is 10.0 Å². The van der Waals surface area contributed by atoms with Crippen molar-refractivity contribution in [2.45, 2.75) is 30.9 Å². The number of rotatable bonds is 0. The zero-order valence-electron chi connectivity index (χ0n) is 9.11. The first-order chi connectivity index (χ1) is 7.19. The van der Waals surface area contributed by atoms with Crippen LogP contribution in [0.2, 0.25) is 0 Å². The molecule has 2 aliphatic rings. The number of hydrogen-bond donors (Lipinski definition) is 1. The number of nitrogens with zero attached hydrogens (tertiary/aromatic N) is 1. The Labute approximate surface area is 90.5 Å². The molecule has 0 amide bonds. The van der Waals surface area contributed by atoms with Crippen LogP contribution in [0.3, 0.4) is 0 Å². The molecule has 0 spiro atoms. The Balaban J connectivity index is 2.10. The van der Waals surface area contributed by atoms with Crippen LogP contribution in [0.1, 0.15) is 24.0 Å². The van der Waals surface area contributed by atoms with Crippen molar-refractivity contribution in [2.75, 3.05) is 13.6 Å². The molecular formula is C13H17NO. The molecule has 1 aromatic carbocycles. The van der Waals surface area contributed by atoms with Gasteiger partial charge >= 0.3 is 0 Å². The number of fused-ring (bicyclic) bond motifs is 4. The lowest BCUT2D eigenvalue weighted by Gasteiger charge is -2.47. The molecule has 1 fully saturated rings. The standard InChI is InChI=1S/C13H17NO/c1-14-7-6-13(15)9-11(14)8-10-4-2-3-5-12(10)13/h2-5,11,15H,6-9H2,1H3/t11-,13+/m0/s1. The second-order valence-corrected chi connectivity index (χ2v) is 4.98. The first-order valence-corrected chi connectivity index (χ1v) is 5.70. The molecule has 0 radical (unpaired) electrons. The first-order valence-electron chi connectivity index (χ1n) is 5.70. The monoisotopic (exact) mass is 203 g/mol. The Morgan fingerprint density at radius 2 is 2.20 bits per heavy atom. The van der Waals surface area contributed by atoms with Gasteiger partial charge in [-0.2, -0.15) is 0 Å². The summed E-state index contributed by atoms with van der Waals surface area (Å²) in [5, 5.41) is 10.6. The van der Waals surface area contributed by atoms with Crippen molar-refractivity contribution < 1.29 is 5.11 Å². The van der Waals surface area contributed by atoms with Crippen LogP contribution in [0.5, 0.6) is 0 Å². The highest BCUT2D eigenvalue weighted by atomic mass is 16.3. The van der Waals surface area contributed by atoms with Gasteiger partial charge in [-0.05, 0) is 37.4 Å². The second kappa shape index (κ2) is 3.06. The van der Waals surface area contributed by atoms with E-state index in [1.807, 2.05) is 6.07 Å². The Morgan fingerprint density at radius 3 is 3.07 bits per heavy atom. The molecule has 80 valence electrons. The molecule has 1 saturated heterocycles. The van der Waals surface area contributed by atoms with Crippen LogP contribution < -0.4 is 0 Å². The Hall–Kier alpha value is -0.860. The van der Waals surface area contributed by atoms with Crippen molar-refractivity contribution >= 4 is 0 Å². The Bertz CT molecular complexity index is 390. The summed E-state index contributed by atoms with van der Waals surface area (Å²) in [6.45, 7) is 1.01. The highest BCUT2D eigenvalue weighted by Gasteiger charge is 2.43. The molecule has 1 N–H and O–H groups in total. The highest BCUT2D eigenvalue weighted by molar-refractivity contribution is 5.36. The molecule has 1 aliphatic heterocycles. The molecule has 1 aliphatic carbocycles. The third kappa shape index (κ3) is 1.32. The maximum atomic E-state index is 10.6. The average Bonchev–Trinajstić information content (AvgIpc) is 2.25. The van der Waals surface area contributed by atoms with Crippen LogP contribution in [0.25, 0.3) is 0 Å². The molecule has 0 aromatic heterocycles. The van der Waals surface area contributed by atoms with Crippen molar-refractivity contribution in [3.05, 3.63) is 35.4 Å². The van der Waals surface area contributed by atoms with E-state index in [9.17, 15) is 5.11 Å². The van der Waals surface area contributed by atoms with Gasteiger partial charge in [-0.1, -0.05) is 24.3 Å². The van der Waals surface area contributed by atoms with Crippen LogP contribution >= 0.6 is 0 Å². The number of likely N-dealkylation sites (N-methyl/N-ethyl adjacent to an activating group) is 1. The van der Waals surface area contributed by atoms with E-state index in [0.717, 1.165) is 25.8 Å². The lowest BCUT2D eigenvalue weighted by Crippen LogP contribution is -2.51. The zero-order valence-corrected chi connectivity index (χ0v) is 9.11. The summed E-state index contributed by atoms with van der Waals surface area (Å²) < 4.78 is 0. The SMILES string of the molecule is CN1CC[C@@]2(O)C[C@@H]1Cc1ccccc12. The molecule has 2 heteroatoms.